The molecule has 0 spiro atoms. The van der Waals surface area contributed by atoms with Gasteiger partial charge in [-0.1, -0.05) is 0 Å². The molecule has 1 aliphatic carbocycles. The lowest BCUT2D eigenvalue weighted by Crippen LogP contribution is -2.55. The number of anilines is 1. The molecule has 24 heavy (non-hydrogen) atoms. The summed E-state index contributed by atoms with van der Waals surface area (Å²) in [6.07, 6.45) is -0.605. The average Bonchev–Trinajstić information content (AvgIpc) is 2.96. The fourth-order valence-electron chi connectivity index (χ4n) is 3.47. The number of hydrogen-bond acceptors (Lipinski definition) is 7. The summed E-state index contributed by atoms with van der Waals surface area (Å²) < 4.78 is 12.0. The molecule has 2 aliphatic rings. The van der Waals surface area contributed by atoms with Gasteiger partial charge in [-0.2, -0.15) is 0 Å². The predicted octanol–water partition coefficient (Wildman–Crippen LogP) is 0.931. The second kappa shape index (κ2) is 5.27. The molecule has 0 bridgehead atoms. The highest BCUT2D eigenvalue weighted by Gasteiger charge is 2.66. The molecule has 2 fully saturated rings. The largest absolute Gasteiger partial charge is 0.488 e. The molecular weight excluding hydrogens is 380 g/mol. The second-order valence-electron chi connectivity index (χ2n) is 6.38. The molecule has 1 aliphatic heterocycles. The molecule has 128 valence electrons. The quantitative estimate of drug-likeness (QED) is 0.557. The van der Waals surface area contributed by atoms with E-state index in [0.29, 0.717) is 23.5 Å². The third-order valence-corrected chi connectivity index (χ3v) is 5.47. The van der Waals surface area contributed by atoms with Gasteiger partial charge in [0.1, 0.15) is 30.4 Å². The van der Waals surface area contributed by atoms with E-state index in [9.17, 15) is 15.3 Å². The maximum Gasteiger partial charge on any atom is 0.219 e. The zero-order chi connectivity index (χ0) is 17.1. The Labute approximate surface area is 146 Å². The number of nitrogen functional groups attached to an aromatic ring is 1. The smallest absolute Gasteiger partial charge is 0.219 e. The standard InChI is InChI=1S/C16H17BrN2O5/c17-10-5-8-1-2-9(6-11(8)19-14(10)18)24-12-3-4-15(20)13(12)23-7-16(15,21)22/h1-2,5-6,12-13,20-22H,3-4,7H2,(H2,18,19)/t12-,13+,15+/m0/s1. The first-order valence-electron chi connectivity index (χ1n) is 7.61. The van der Waals surface area contributed by atoms with Crippen LogP contribution in [0.3, 0.4) is 0 Å². The Bertz CT molecular complexity index is 814. The van der Waals surface area contributed by atoms with Crippen molar-refractivity contribution in [1.82, 2.24) is 4.98 Å². The van der Waals surface area contributed by atoms with E-state index in [4.69, 9.17) is 15.2 Å². The lowest BCUT2D eigenvalue weighted by atomic mass is 9.92. The third-order valence-electron chi connectivity index (χ3n) is 4.83. The Morgan fingerprint density at radius 1 is 1.29 bits per heavy atom. The summed E-state index contributed by atoms with van der Waals surface area (Å²) in [7, 11) is 0. The number of ether oxygens (including phenoxy) is 2. The molecule has 1 saturated heterocycles. The van der Waals surface area contributed by atoms with E-state index in [1.54, 1.807) is 12.1 Å². The normalized spacial score (nSPS) is 31.3. The van der Waals surface area contributed by atoms with Crippen molar-refractivity contribution >= 4 is 32.7 Å². The van der Waals surface area contributed by atoms with Gasteiger partial charge in [0.2, 0.25) is 5.79 Å². The number of pyridine rings is 1. The molecule has 7 nitrogen and oxygen atoms in total. The Morgan fingerprint density at radius 2 is 2.08 bits per heavy atom. The summed E-state index contributed by atoms with van der Waals surface area (Å²) in [6, 6.07) is 7.29. The van der Waals surface area contributed by atoms with E-state index in [0.717, 1.165) is 9.86 Å². The SMILES string of the molecule is Nc1nc2cc(O[C@H]3CC[C@@]4(O)[C@@H]3OCC4(O)O)ccc2cc1Br. The molecule has 2 aromatic rings. The van der Waals surface area contributed by atoms with Crippen molar-refractivity contribution in [2.75, 3.05) is 12.3 Å². The predicted molar refractivity (Wildman–Crippen MR) is 89.4 cm³/mol. The average molecular weight is 397 g/mol. The minimum Gasteiger partial charge on any atom is -0.488 e. The number of nitrogens with two attached hydrogens (primary N) is 1. The van der Waals surface area contributed by atoms with Crippen LogP contribution in [0.25, 0.3) is 10.9 Å². The first-order valence-corrected chi connectivity index (χ1v) is 8.41. The van der Waals surface area contributed by atoms with Crippen LogP contribution in [0.5, 0.6) is 5.75 Å². The van der Waals surface area contributed by atoms with Gasteiger partial charge in [-0.15, -0.1) is 0 Å². The van der Waals surface area contributed by atoms with Gasteiger partial charge in [0.15, 0.2) is 5.60 Å². The number of nitrogens with zero attached hydrogens (tertiary/aromatic N) is 1. The molecule has 2 heterocycles. The van der Waals surface area contributed by atoms with E-state index in [1.807, 2.05) is 12.1 Å². The number of halogens is 1. The van der Waals surface area contributed by atoms with Crippen LogP contribution in [-0.4, -0.2) is 50.5 Å². The molecule has 0 unspecified atom stereocenters. The summed E-state index contributed by atoms with van der Waals surface area (Å²) >= 11 is 3.34. The van der Waals surface area contributed by atoms with E-state index in [-0.39, 0.29) is 13.0 Å². The Balaban J connectivity index is 1.60. The Hall–Kier alpha value is -1.45. The topological polar surface area (TPSA) is 118 Å². The van der Waals surface area contributed by atoms with Crippen LogP contribution < -0.4 is 10.5 Å². The maximum atomic E-state index is 10.5. The first kappa shape index (κ1) is 16.0. The maximum absolute atomic E-state index is 10.5. The molecule has 5 N–H and O–H groups in total. The fourth-order valence-corrected chi connectivity index (χ4v) is 3.81. The summed E-state index contributed by atoms with van der Waals surface area (Å²) in [5.41, 5.74) is 4.79. The van der Waals surface area contributed by atoms with Crippen molar-refractivity contribution in [2.45, 2.75) is 36.4 Å². The van der Waals surface area contributed by atoms with Crippen molar-refractivity contribution in [1.29, 1.82) is 0 Å². The lowest BCUT2D eigenvalue weighted by molar-refractivity contribution is -0.250. The van der Waals surface area contributed by atoms with E-state index < -0.39 is 23.6 Å². The molecule has 1 saturated carbocycles. The van der Waals surface area contributed by atoms with Gasteiger partial charge in [-0.05, 0) is 47.0 Å². The van der Waals surface area contributed by atoms with Crippen LogP contribution in [0.1, 0.15) is 12.8 Å². The van der Waals surface area contributed by atoms with Gasteiger partial charge in [0, 0.05) is 11.5 Å². The molecule has 0 amide bonds. The van der Waals surface area contributed by atoms with Gasteiger partial charge in [0.05, 0.1) is 9.99 Å². The van der Waals surface area contributed by atoms with E-state index >= 15 is 0 Å². The fraction of sp³-hybridized carbons (Fsp3) is 0.438. The Kier molecular flexibility index (Phi) is 3.52. The highest BCUT2D eigenvalue weighted by atomic mass is 79.9. The van der Waals surface area contributed by atoms with Crippen molar-refractivity contribution < 1.29 is 24.8 Å². The van der Waals surface area contributed by atoms with Crippen molar-refractivity contribution in [3.8, 4) is 5.75 Å². The van der Waals surface area contributed by atoms with E-state index in [2.05, 4.69) is 20.9 Å². The molecule has 1 aromatic heterocycles. The van der Waals surface area contributed by atoms with Gasteiger partial charge < -0.3 is 30.5 Å². The minimum absolute atomic E-state index is 0.195. The van der Waals surface area contributed by atoms with Crippen molar-refractivity contribution in [2.24, 2.45) is 0 Å². The van der Waals surface area contributed by atoms with Gasteiger partial charge in [-0.25, -0.2) is 4.98 Å². The number of rotatable bonds is 2. The number of fused-ring (bicyclic) bond motifs is 2. The Morgan fingerprint density at radius 3 is 2.88 bits per heavy atom. The number of hydrogen-bond donors (Lipinski definition) is 4. The molecule has 3 atom stereocenters. The monoisotopic (exact) mass is 396 g/mol. The van der Waals surface area contributed by atoms with Crippen molar-refractivity contribution in [3.63, 3.8) is 0 Å². The zero-order valence-corrected chi connectivity index (χ0v) is 14.2. The van der Waals surface area contributed by atoms with Gasteiger partial charge >= 0.3 is 0 Å². The first-order chi connectivity index (χ1) is 11.3. The highest BCUT2D eigenvalue weighted by molar-refractivity contribution is 9.10. The minimum atomic E-state index is -2.25. The van der Waals surface area contributed by atoms with Crippen LogP contribution in [0.4, 0.5) is 5.82 Å². The van der Waals surface area contributed by atoms with Crippen molar-refractivity contribution in [3.05, 3.63) is 28.7 Å². The molecule has 1 aromatic carbocycles. The number of aromatic nitrogens is 1. The molecule has 0 radical (unpaired) electrons. The lowest BCUT2D eigenvalue weighted by Gasteiger charge is -2.31. The third kappa shape index (κ3) is 2.29. The van der Waals surface area contributed by atoms with Gasteiger partial charge in [0.25, 0.3) is 0 Å². The highest BCUT2D eigenvalue weighted by Crippen LogP contribution is 2.46. The van der Waals surface area contributed by atoms with Crippen LogP contribution in [0, 0.1) is 0 Å². The number of aliphatic hydroxyl groups is 3. The van der Waals surface area contributed by atoms with Crippen LogP contribution in [-0.2, 0) is 4.74 Å². The summed E-state index contributed by atoms with van der Waals surface area (Å²) in [5, 5.41) is 31.2. The zero-order valence-electron chi connectivity index (χ0n) is 12.6. The van der Waals surface area contributed by atoms with Gasteiger partial charge in [-0.3, -0.25) is 0 Å². The second-order valence-corrected chi connectivity index (χ2v) is 7.23. The van der Waals surface area contributed by atoms with Crippen LogP contribution >= 0.6 is 15.9 Å². The van der Waals surface area contributed by atoms with Crippen LogP contribution in [0.15, 0.2) is 28.7 Å². The van der Waals surface area contributed by atoms with Crippen LogP contribution in [0.2, 0.25) is 0 Å². The molecule has 4 rings (SSSR count). The summed E-state index contributed by atoms with van der Waals surface area (Å²) in [4.78, 5) is 4.30. The van der Waals surface area contributed by atoms with E-state index in [1.165, 1.54) is 0 Å². The molecular formula is C16H17BrN2O5. The summed E-state index contributed by atoms with van der Waals surface area (Å²) in [5.74, 6) is -1.30. The molecule has 8 heteroatoms. The summed E-state index contributed by atoms with van der Waals surface area (Å²) in [6.45, 7) is -0.335. The number of benzene rings is 1.